The summed E-state index contributed by atoms with van der Waals surface area (Å²) in [5.41, 5.74) is 3.29. The molecule has 0 spiro atoms. The van der Waals surface area contributed by atoms with Gasteiger partial charge in [-0.05, 0) is 36.8 Å². The van der Waals surface area contributed by atoms with Crippen molar-refractivity contribution in [3.8, 4) is 0 Å². The van der Waals surface area contributed by atoms with Gasteiger partial charge >= 0.3 is 0 Å². The second-order valence-corrected chi connectivity index (χ2v) is 9.41. The van der Waals surface area contributed by atoms with Crippen molar-refractivity contribution in [1.29, 1.82) is 0 Å². The molecule has 4 heterocycles. The van der Waals surface area contributed by atoms with Crippen LogP contribution in [-0.4, -0.2) is 29.2 Å². The predicted octanol–water partition coefficient (Wildman–Crippen LogP) is 4.35. The van der Waals surface area contributed by atoms with Gasteiger partial charge in [-0.2, -0.15) is 10.2 Å². The van der Waals surface area contributed by atoms with Crippen molar-refractivity contribution in [3.05, 3.63) is 58.7 Å². The maximum atomic E-state index is 15.4. The zero-order chi connectivity index (χ0) is 21.1. The summed E-state index contributed by atoms with van der Waals surface area (Å²) in [5, 5.41) is 8.93. The van der Waals surface area contributed by atoms with Crippen LogP contribution in [0.1, 0.15) is 63.1 Å². The summed E-state index contributed by atoms with van der Waals surface area (Å²) in [6.45, 7) is 14.1. The van der Waals surface area contributed by atoms with E-state index >= 15 is 4.39 Å². The maximum Gasteiger partial charge on any atom is 0.159 e. The van der Waals surface area contributed by atoms with E-state index in [-0.39, 0.29) is 11.2 Å². The molecule has 0 unspecified atom stereocenters. The van der Waals surface area contributed by atoms with E-state index in [4.69, 9.17) is 0 Å². The van der Waals surface area contributed by atoms with Gasteiger partial charge in [0.2, 0.25) is 0 Å². The third kappa shape index (κ3) is 3.28. The molecule has 0 bridgehead atoms. The third-order valence-corrected chi connectivity index (χ3v) is 5.37. The molecule has 0 amide bonds. The largest absolute Gasteiger partial charge is 0.221 e. The molecule has 0 aliphatic carbocycles. The van der Waals surface area contributed by atoms with Crippen LogP contribution in [0.15, 0.2) is 24.4 Å². The highest BCUT2D eigenvalue weighted by atomic mass is 19.1. The Labute approximate surface area is 169 Å². The Kier molecular flexibility index (Phi) is 4.26. The lowest BCUT2D eigenvalue weighted by molar-refractivity contribution is 0.478. The fourth-order valence-electron chi connectivity index (χ4n) is 3.92. The number of aromatic nitrogens is 6. The average molecular weight is 394 g/mol. The van der Waals surface area contributed by atoms with Gasteiger partial charge in [-0.25, -0.2) is 23.4 Å². The van der Waals surface area contributed by atoms with Crippen LogP contribution in [0, 0.1) is 19.7 Å². The fourth-order valence-corrected chi connectivity index (χ4v) is 3.92. The van der Waals surface area contributed by atoms with Crippen LogP contribution >= 0.6 is 0 Å². The van der Waals surface area contributed by atoms with E-state index in [0.717, 1.165) is 22.4 Å². The monoisotopic (exact) mass is 394 g/mol. The normalized spacial score (nSPS) is 13.0. The van der Waals surface area contributed by atoms with Gasteiger partial charge in [0.25, 0.3) is 0 Å². The molecule has 0 saturated heterocycles. The highest BCUT2D eigenvalue weighted by molar-refractivity contribution is 5.54. The lowest BCUT2D eigenvalue weighted by Gasteiger charge is -2.27. The van der Waals surface area contributed by atoms with Crippen molar-refractivity contribution >= 4 is 11.3 Å². The summed E-state index contributed by atoms with van der Waals surface area (Å²) >= 11 is 0. The van der Waals surface area contributed by atoms with Crippen LogP contribution in [0.2, 0.25) is 0 Å². The Hall–Kier alpha value is -2.83. The topological polar surface area (TPSA) is 60.4 Å². The summed E-state index contributed by atoms with van der Waals surface area (Å²) in [5.74, 6) is 1.09. The van der Waals surface area contributed by atoms with Gasteiger partial charge < -0.3 is 0 Å². The van der Waals surface area contributed by atoms with E-state index in [1.807, 2.05) is 32.2 Å². The van der Waals surface area contributed by atoms with Crippen LogP contribution in [0.25, 0.3) is 11.3 Å². The van der Waals surface area contributed by atoms with Crippen molar-refractivity contribution in [1.82, 2.24) is 29.2 Å². The lowest BCUT2D eigenvalue weighted by atomic mass is 9.80. The Morgan fingerprint density at radius 2 is 1.59 bits per heavy atom. The molecule has 0 N–H and O–H groups in total. The van der Waals surface area contributed by atoms with Gasteiger partial charge in [0.1, 0.15) is 17.5 Å². The maximum absolute atomic E-state index is 15.4. The molecule has 0 saturated carbocycles. The van der Waals surface area contributed by atoms with E-state index in [2.05, 4.69) is 54.8 Å². The second-order valence-electron chi connectivity index (χ2n) is 9.41. The number of pyridine rings is 2. The van der Waals surface area contributed by atoms with Gasteiger partial charge in [0.05, 0.1) is 5.69 Å². The minimum Gasteiger partial charge on any atom is -0.221 e. The molecule has 0 aliphatic heterocycles. The van der Waals surface area contributed by atoms with Crippen LogP contribution in [0.3, 0.4) is 0 Å². The Morgan fingerprint density at radius 1 is 0.931 bits per heavy atom. The molecule has 4 aromatic rings. The highest BCUT2D eigenvalue weighted by Crippen LogP contribution is 2.34. The molecule has 7 heteroatoms. The molecule has 0 radical (unpaired) electrons. The van der Waals surface area contributed by atoms with Gasteiger partial charge in [-0.3, -0.25) is 0 Å². The Morgan fingerprint density at radius 3 is 2.28 bits per heavy atom. The summed E-state index contributed by atoms with van der Waals surface area (Å²) in [7, 11) is 0. The van der Waals surface area contributed by atoms with Crippen molar-refractivity contribution in [2.75, 3.05) is 0 Å². The van der Waals surface area contributed by atoms with E-state index in [1.54, 1.807) is 15.1 Å². The van der Waals surface area contributed by atoms with Crippen LogP contribution in [-0.2, 0) is 17.3 Å². The van der Waals surface area contributed by atoms with E-state index < -0.39 is 5.41 Å². The Balaban J connectivity index is 1.88. The zero-order valence-electron chi connectivity index (χ0n) is 18.1. The molecule has 0 aromatic carbocycles. The van der Waals surface area contributed by atoms with Gasteiger partial charge in [-0.15, -0.1) is 0 Å². The molecule has 0 atom stereocenters. The lowest BCUT2D eigenvalue weighted by Crippen LogP contribution is -2.25. The smallest absolute Gasteiger partial charge is 0.159 e. The van der Waals surface area contributed by atoms with Crippen LogP contribution in [0.5, 0.6) is 0 Å². The summed E-state index contributed by atoms with van der Waals surface area (Å²) in [6.07, 6.45) is 2.33. The Bertz CT molecular complexity index is 1230. The molecular weight excluding hydrogens is 367 g/mol. The highest BCUT2D eigenvalue weighted by Gasteiger charge is 2.30. The number of hydrogen-bond donors (Lipinski definition) is 0. The first kappa shape index (κ1) is 19.5. The summed E-state index contributed by atoms with van der Waals surface area (Å²) in [6, 6.07) is 5.61. The quantitative estimate of drug-likeness (QED) is 0.518. The van der Waals surface area contributed by atoms with E-state index in [9.17, 15) is 0 Å². The molecule has 152 valence electrons. The molecule has 29 heavy (non-hydrogen) atoms. The van der Waals surface area contributed by atoms with Gasteiger partial charge in [-0.1, -0.05) is 40.7 Å². The molecule has 0 aliphatic rings. The molecule has 4 rings (SSSR count). The van der Waals surface area contributed by atoms with E-state index in [1.165, 1.54) is 0 Å². The van der Waals surface area contributed by atoms with Crippen molar-refractivity contribution in [2.45, 2.75) is 65.7 Å². The standard InChI is InChI=1S/C22H27FN6/c1-13-24-19-15(9-8-10-28(19)26-13)22(6,7)12-18-17(23)11-16(21(3,4)5)20-25-14(2)27-29(18)20/h8-11H,12H2,1-7H3. The SMILES string of the molecule is Cc1nc2c(C(C)(C)Cc3c(F)cc(C(C)(C)C)c4nc(C)nn34)cccn2n1. The number of halogens is 1. The first-order chi connectivity index (χ1) is 13.5. The number of aryl methyl sites for hydroxylation is 2. The summed E-state index contributed by atoms with van der Waals surface area (Å²) in [4.78, 5) is 9.18. The first-order valence-corrected chi connectivity index (χ1v) is 9.85. The number of rotatable bonds is 3. The number of fused-ring (bicyclic) bond motifs is 2. The number of nitrogens with zero attached hydrogens (tertiary/aromatic N) is 6. The van der Waals surface area contributed by atoms with Crippen LogP contribution < -0.4 is 0 Å². The fraction of sp³-hybridized carbons (Fsp3) is 0.455. The molecule has 6 nitrogen and oxygen atoms in total. The van der Waals surface area contributed by atoms with Crippen LogP contribution in [0.4, 0.5) is 4.39 Å². The molecule has 4 aromatic heterocycles. The van der Waals surface area contributed by atoms with E-state index in [0.29, 0.717) is 23.8 Å². The predicted molar refractivity (Wildman–Crippen MR) is 111 cm³/mol. The molecular formula is C22H27FN6. The third-order valence-electron chi connectivity index (χ3n) is 5.37. The first-order valence-electron chi connectivity index (χ1n) is 9.85. The van der Waals surface area contributed by atoms with Crippen molar-refractivity contribution in [2.24, 2.45) is 0 Å². The average Bonchev–Trinajstić information content (AvgIpc) is 3.17. The number of hydrogen-bond acceptors (Lipinski definition) is 4. The second kappa shape index (κ2) is 6.34. The minimum absolute atomic E-state index is 0.236. The summed E-state index contributed by atoms with van der Waals surface area (Å²) < 4.78 is 18.8. The van der Waals surface area contributed by atoms with Crippen molar-refractivity contribution in [3.63, 3.8) is 0 Å². The zero-order valence-corrected chi connectivity index (χ0v) is 18.1. The van der Waals surface area contributed by atoms with Gasteiger partial charge in [0.15, 0.2) is 11.3 Å². The van der Waals surface area contributed by atoms with Gasteiger partial charge in [0, 0.05) is 23.7 Å². The minimum atomic E-state index is -0.390. The van der Waals surface area contributed by atoms with Crippen molar-refractivity contribution < 1.29 is 4.39 Å². The molecule has 0 fully saturated rings.